The van der Waals surface area contributed by atoms with Crippen molar-refractivity contribution in [1.82, 2.24) is 14.6 Å². The number of halogens is 1. The van der Waals surface area contributed by atoms with E-state index in [9.17, 15) is 9.90 Å². The molecule has 4 aromatic rings. The summed E-state index contributed by atoms with van der Waals surface area (Å²) >= 11 is 6.24. The number of aromatic hydroxyl groups is 1. The first-order valence-corrected chi connectivity index (χ1v) is 15.9. The van der Waals surface area contributed by atoms with Crippen LogP contribution in [0.25, 0.3) is 28.0 Å². The number of nitrogens with zero attached hydrogens (tertiary/aromatic N) is 4. The van der Waals surface area contributed by atoms with Crippen LogP contribution in [0.15, 0.2) is 55.1 Å². The van der Waals surface area contributed by atoms with Gasteiger partial charge in [-0.2, -0.15) is 9.61 Å². The number of hydrogen-bond donors (Lipinski definition) is 1. The predicted octanol–water partition coefficient (Wildman–Crippen LogP) is 7.63. The van der Waals surface area contributed by atoms with Crippen molar-refractivity contribution >= 4 is 29.0 Å². The lowest BCUT2D eigenvalue weighted by Crippen LogP contribution is -2.45. The maximum Gasteiger partial charge on any atom is 0.339 e. The van der Waals surface area contributed by atoms with Gasteiger partial charge in [0.15, 0.2) is 11.8 Å². The molecule has 0 bridgehead atoms. The van der Waals surface area contributed by atoms with Crippen molar-refractivity contribution in [2.75, 3.05) is 31.7 Å². The molecule has 0 spiro atoms. The molecule has 1 N–H and O–H groups in total. The summed E-state index contributed by atoms with van der Waals surface area (Å²) in [5.74, 6) is 0.338. The molecule has 1 aliphatic rings. The molecule has 2 aromatic carbocycles. The molecule has 46 heavy (non-hydrogen) atoms. The van der Waals surface area contributed by atoms with E-state index >= 15 is 0 Å². The van der Waals surface area contributed by atoms with Gasteiger partial charge in [0.05, 0.1) is 36.2 Å². The Labute approximate surface area is 275 Å². The smallest absolute Gasteiger partial charge is 0.339 e. The van der Waals surface area contributed by atoms with Crippen molar-refractivity contribution in [3.8, 4) is 28.1 Å². The minimum atomic E-state index is -1.02. The van der Waals surface area contributed by atoms with Crippen LogP contribution >= 0.6 is 11.6 Å². The van der Waals surface area contributed by atoms with Crippen molar-refractivity contribution < 1.29 is 24.1 Å². The average molecular weight is 647 g/mol. The van der Waals surface area contributed by atoms with Gasteiger partial charge < -0.3 is 24.2 Å². The number of aromatic nitrogens is 3. The lowest BCUT2D eigenvalue weighted by atomic mass is 9.92. The van der Waals surface area contributed by atoms with Crippen LogP contribution in [0.3, 0.4) is 0 Å². The molecule has 1 saturated heterocycles. The van der Waals surface area contributed by atoms with Crippen LogP contribution in [0.4, 0.5) is 5.82 Å². The Morgan fingerprint density at radius 3 is 2.50 bits per heavy atom. The fourth-order valence-electron chi connectivity index (χ4n) is 5.90. The van der Waals surface area contributed by atoms with Gasteiger partial charge in [0.25, 0.3) is 0 Å². The first-order valence-electron chi connectivity index (χ1n) is 15.5. The zero-order valence-electron chi connectivity index (χ0n) is 27.7. The van der Waals surface area contributed by atoms with E-state index in [-0.39, 0.29) is 11.4 Å². The fraction of sp³-hybridized carbons (Fsp3) is 0.417. The normalized spacial score (nSPS) is 15.6. The highest BCUT2D eigenvalue weighted by molar-refractivity contribution is 6.31. The third kappa shape index (κ3) is 6.92. The molecule has 0 unspecified atom stereocenters. The predicted molar refractivity (Wildman–Crippen MR) is 182 cm³/mol. The summed E-state index contributed by atoms with van der Waals surface area (Å²) < 4.78 is 19.6. The summed E-state index contributed by atoms with van der Waals surface area (Å²) in [6.07, 6.45) is 2.29. The maximum atomic E-state index is 13.3. The lowest BCUT2D eigenvalue weighted by Gasteiger charge is -2.41. The first kappa shape index (κ1) is 33.4. The summed E-state index contributed by atoms with van der Waals surface area (Å²) in [6, 6.07) is 13.2. The Balaban J connectivity index is 1.66. The quantitative estimate of drug-likeness (QED) is 0.146. The Morgan fingerprint density at radius 1 is 1.15 bits per heavy atom. The van der Waals surface area contributed by atoms with Gasteiger partial charge in [-0.25, -0.2) is 9.78 Å². The molecule has 0 radical (unpaired) electrons. The molecule has 2 aromatic heterocycles. The van der Waals surface area contributed by atoms with Crippen molar-refractivity contribution in [2.24, 2.45) is 0 Å². The van der Waals surface area contributed by atoms with Gasteiger partial charge in [-0.05, 0) is 83.7 Å². The van der Waals surface area contributed by atoms with Crippen LogP contribution in [-0.4, -0.2) is 63.7 Å². The highest BCUT2D eigenvalue weighted by Crippen LogP contribution is 2.40. The maximum absolute atomic E-state index is 13.3. The monoisotopic (exact) mass is 646 g/mol. The highest BCUT2D eigenvalue weighted by Gasteiger charge is 2.38. The number of aryl methyl sites for hydroxylation is 2. The summed E-state index contributed by atoms with van der Waals surface area (Å²) in [5, 5.41) is 16.3. The number of phenols is 1. The molecular weight excluding hydrogens is 604 g/mol. The zero-order chi connectivity index (χ0) is 33.4. The molecular formula is C36H43ClN4O5. The number of esters is 1. The third-order valence-corrected chi connectivity index (χ3v) is 8.78. The van der Waals surface area contributed by atoms with Gasteiger partial charge in [-0.1, -0.05) is 35.9 Å². The number of rotatable bonds is 9. The minimum absolute atomic E-state index is 0.105. The summed E-state index contributed by atoms with van der Waals surface area (Å²) in [7, 11) is 1.37. The second-order valence-electron chi connectivity index (χ2n) is 13.1. The Bertz CT molecular complexity index is 1770. The molecule has 0 amide bonds. The standard InChI is InChI=1S/C36H43ClN4O5/c1-9-17-45-36(7)13-15-40(16-14-36)33-31(32(34(43)44-8)46-35(4,5)6)23(3)38-30-21-28(39-41(30)33)25-12-10-11-24(19-25)26-18-22(2)27(37)20-29(26)42/h9-12,18-21,32,42H,1,13-17H2,2-8H3/t32-/m0/s1. The largest absolute Gasteiger partial charge is 0.507 e. The van der Waals surface area contributed by atoms with Crippen LogP contribution < -0.4 is 4.90 Å². The van der Waals surface area contributed by atoms with Gasteiger partial charge in [0.1, 0.15) is 11.6 Å². The van der Waals surface area contributed by atoms with Gasteiger partial charge in [-0.3, -0.25) is 0 Å². The lowest BCUT2D eigenvalue weighted by molar-refractivity contribution is -0.164. The molecule has 1 fully saturated rings. The van der Waals surface area contributed by atoms with Crippen LogP contribution in [0.2, 0.25) is 5.02 Å². The Kier molecular flexibility index (Phi) is 9.50. The number of anilines is 1. The van der Waals surface area contributed by atoms with Crippen LogP contribution in [0.5, 0.6) is 5.75 Å². The van der Waals surface area contributed by atoms with E-state index in [0.29, 0.717) is 52.9 Å². The van der Waals surface area contributed by atoms with Gasteiger partial charge >= 0.3 is 5.97 Å². The van der Waals surface area contributed by atoms with E-state index in [1.54, 1.807) is 12.1 Å². The first-order chi connectivity index (χ1) is 21.7. The molecule has 0 aliphatic carbocycles. The van der Waals surface area contributed by atoms with Crippen molar-refractivity contribution in [3.63, 3.8) is 0 Å². The molecule has 1 aliphatic heterocycles. The number of carbonyl (C=O) groups is 1. The Morgan fingerprint density at radius 2 is 1.85 bits per heavy atom. The zero-order valence-corrected chi connectivity index (χ0v) is 28.4. The van der Waals surface area contributed by atoms with E-state index < -0.39 is 17.7 Å². The van der Waals surface area contributed by atoms with Gasteiger partial charge in [-0.15, -0.1) is 6.58 Å². The number of benzene rings is 2. The second-order valence-corrected chi connectivity index (χ2v) is 13.5. The molecule has 9 nitrogen and oxygen atoms in total. The minimum Gasteiger partial charge on any atom is -0.507 e. The summed E-state index contributed by atoms with van der Waals surface area (Å²) in [6.45, 7) is 17.3. The third-order valence-electron chi connectivity index (χ3n) is 8.37. The molecule has 1 atom stereocenters. The summed E-state index contributed by atoms with van der Waals surface area (Å²) in [5.41, 5.74) is 4.90. The van der Waals surface area contributed by atoms with Crippen molar-refractivity contribution in [1.29, 1.82) is 0 Å². The number of methoxy groups -OCH3 is 1. The number of carbonyl (C=O) groups excluding carboxylic acids is 1. The van der Waals surface area contributed by atoms with Gasteiger partial charge in [0.2, 0.25) is 0 Å². The van der Waals surface area contributed by atoms with Crippen LogP contribution in [0.1, 0.15) is 63.5 Å². The van der Waals surface area contributed by atoms with E-state index in [0.717, 1.165) is 35.3 Å². The molecule has 3 heterocycles. The van der Waals surface area contributed by atoms with Crippen molar-refractivity contribution in [3.05, 3.63) is 77.0 Å². The number of hydrogen-bond acceptors (Lipinski definition) is 8. The SMILES string of the molecule is C=CCOC1(C)CCN(c2c([C@H](OC(C)(C)C)C(=O)OC)c(C)nc3cc(-c4cccc(-c5cc(C)c(Cl)cc5O)c4)nn23)CC1. The van der Waals surface area contributed by atoms with E-state index in [4.69, 9.17) is 35.9 Å². The average Bonchev–Trinajstić information content (AvgIpc) is 3.43. The van der Waals surface area contributed by atoms with Crippen LogP contribution in [-0.2, 0) is 19.0 Å². The number of ether oxygens (including phenoxy) is 3. The molecule has 5 rings (SSSR count). The topological polar surface area (TPSA) is 98.4 Å². The number of piperidine rings is 1. The van der Waals surface area contributed by atoms with Crippen LogP contribution in [0, 0.1) is 13.8 Å². The highest BCUT2D eigenvalue weighted by atomic mass is 35.5. The summed E-state index contributed by atoms with van der Waals surface area (Å²) in [4.78, 5) is 20.5. The molecule has 0 saturated carbocycles. The molecule has 244 valence electrons. The number of fused-ring (bicyclic) bond motifs is 1. The van der Waals surface area contributed by atoms with E-state index in [1.807, 2.05) is 75.5 Å². The Hall–Kier alpha value is -3.92. The second kappa shape index (κ2) is 13.1. The molecule has 10 heteroatoms. The fourth-order valence-corrected chi connectivity index (χ4v) is 6.05. The van der Waals surface area contributed by atoms with Crippen molar-refractivity contribution in [2.45, 2.75) is 71.7 Å². The van der Waals surface area contributed by atoms with Gasteiger partial charge in [0, 0.05) is 41.0 Å². The number of phenolic OH excluding ortho intramolecular Hbond substituents is 1. The van der Waals surface area contributed by atoms with E-state index in [2.05, 4.69) is 18.4 Å². The van der Waals surface area contributed by atoms with E-state index in [1.165, 1.54) is 7.11 Å².